The minimum absolute atomic E-state index is 0.202. The van der Waals surface area contributed by atoms with Gasteiger partial charge in [0, 0.05) is 18.7 Å². The monoisotopic (exact) mass is 289 g/mol. The molecule has 0 unspecified atom stereocenters. The van der Waals surface area contributed by atoms with E-state index >= 15 is 0 Å². The van der Waals surface area contributed by atoms with E-state index in [0.717, 1.165) is 56.5 Å². The summed E-state index contributed by atoms with van der Waals surface area (Å²) in [5.41, 5.74) is 0.143. The number of aliphatic carboxylic acids is 1. The van der Waals surface area contributed by atoms with Crippen molar-refractivity contribution in [2.24, 2.45) is 0 Å². The van der Waals surface area contributed by atoms with Gasteiger partial charge in [0.1, 0.15) is 11.9 Å². The maximum Gasteiger partial charge on any atom is 0.314 e. The first-order valence-corrected chi connectivity index (χ1v) is 7.80. The molecule has 1 aromatic rings. The van der Waals surface area contributed by atoms with Gasteiger partial charge in [-0.2, -0.15) is 0 Å². The topological polar surface area (TPSA) is 49.8 Å². The van der Waals surface area contributed by atoms with Gasteiger partial charge in [-0.3, -0.25) is 4.79 Å². The number of benzene rings is 1. The molecule has 0 spiro atoms. The van der Waals surface area contributed by atoms with E-state index in [0.29, 0.717) is 0 Å². The number of carboxylic acids is 1. The van der Waals surface area contributed by atoms with E-state index in [1.54, 1.807) is 0 Å². The molecule has 1 N–H and O–H groups in total. The Morgan fingerprint density at radius 1 is 1.29 bits per heavy atom. The predicted octanol–water partition coefficient (Wildman–Crippen LogP) is 2.67. The molecule has 0 bridgehead atoms. The molecule has 4 nitrogen and oxygen atoms in total. The van der Waals surface area contributed by atoms with Crippen molar-refractivity contribution in [2.45, 2.75) is 43.6 Å². The molecule has 114 valence electrons. The van der Waals surface area contributed by atoms with Crippen molar-refractivity contribution >= 4 is 5.97 Å². The van der Waals surface area contributed by atoms with Crippen LogP contribution in [0.5, 0.6) is 5.75 Å². The Morgan fingerprint density at radius 3 is 2.52 bits per heavy atom. The fourth-order valence-corrected chi connectivity index (χ4v) is 3.38. The number of para-hydroxylation sites is 1. The van der Waals surface area contributed by atoms with Crippen LogP contribution >= 0.6 is 0 Å². The number of piperidine rings is 1. The van der Waals surface area contributed by atoms with Crippen molar-refractivity contribution in [3.8, 4) is 5.75 Å². The number of ether oxygens (including phenoxy) is 1. The van der Waals surface area contributed by atoms with Gasteiger partial charge in [0.25, 0.3) is 0 Å². The van der Waals surface area contributed by atoms with Gasteiger partial charge in [0.15, 0.2) is 0 Å². The summed E-state index contributed by atoms with van der Waals surface area (Å²) in [6.07, 6.45) is 4.63. The molecule has 1 aliphatic heterocycles. The quantitative estimate of drug-likeness (QED) is 0.926. The van der Waals surface area contributed by atoms with Gasteiger partial charge in [-0.1, -0.05) is 24.6 Å². The van der Waals surface area contributed by atoms with Crippen LogP contribution in [0.1, 0.15) is 37.7 Å². The van der Waals surface area contributed by atoms with Crippen molar-refractivity contribution in [1.82, 2.24) is 4.90 Å². The maximum absolute atomic E-state index is 11.7. The number of carboxylic acid groups (broad SMARTS) is 1. The molecule has 3 rings (SSSR count). The first kappa shape index (κ1) is 14.4. The number of nitrogens with zero attached hydrogens (tertiary/aromatic N) is 1. The van der Waals surface area contributed by atoms with Crippen LogP contribution in [0.25, 0.3) is 0 Å². The summed E-state index contributed by atoms with van der Waals surface area (Å²) >= 11 is 0. The van der Waals surface area contributed by atoms with E-state index in [2.05, 4.69) is 11.9 Å². The standard InChI is InChI=1S/C17H23NO3/c1-18-11-7-13(8-12-18)21-15-6-3-2-5-14(15)17(16(19)20)9-4-10-17/h2-3,5-6,13H,4,7-12H2,1H3,(H,19,20). The second-order valence-electron chi connectivity index (χ2n) is 6.36. The van der Waals surface area contributed by atoms with Gasteiger partial charge in [0.05, 0.1) is 5.41 Å². The average molecular weight is 289 g/mol. The minimum Gasteiger partial charge on any atom is -0.490 e. The van der Waals surface area contributed by atoms with Crippen LogP contribution in [0.3, 0.4) is 0 Å². The molecule has 0 radical (unpaired) electrons. The summed E-state index contributed by atoms with van der Waals surface area (Å²) in [6.45, 7) is 2.08. The fraction of sp³-hybridized carbons (Fsp3) is 0.588. The summed E-state index contributed by atoms with van der Waals surface area (Å²) in [5.74, 6) is 0.0577. The van der Waals surface area contributed by atoms with E-state index < -0.39 is 11.4 Å². The summed E-state index contributed by atoms with van der Waals surface area (Å²) < 4.78 is 6.18. The zero-order valence-electron chi connectivity index (χ0n) is 12.5. The molecule has 0 aromatic heterocycles. The third-order valence-electron chi connectivity index (χ3n) is 4.98. The second kappa shape index (κ2) is 5.68. The fourth-order valence-electron chi connectivity index (χ4n) is 3.38. The Bertz CT molecular complexity index is 517. The smallest absolute Gasteiger partial charge is 0.314 e. The molecule has 21 heavy (non-hydrogen) atoms. The average Bonchev–Trinajstić information content (AvgIpc) is 2.41. The van der Waals surface area contributed by atoms with Crippen molar-refractivity contribution < 1.29 is 14.6 Å². The summed E-state index contributed by atoms with van der Waals surface area (Å²) in [7, 11) is 2.12. The molecule has 2 aliphatic rings. The van der Waals surface area contributed by atoms with Gasteiger partial charge in [0.2, 0.25) is 0 Å². The zero-order chi connectivity index (χ0) is 14.9. The highest BCUT2D eigenvalue weighted by Gasteiger charge is 2.47. The normalized spacial score (nSPS) is 22.5. The minimum atomic E-state index is -0.720. The van der Waals surface area contributed by atoms with Crippen LogP contribution in [0.15, 0.2) is 24.3 Å². The molecule has 0 atom stereocenters. The van der Waals surface area contributed by atoms with Crippen LogP contribution in [0, 0.1) is 0 Å². The van der Waals surface area contributed by atoms with Crippen LogP contribution < -0.4 is 4.74 Å². The molecule has 1 saturated carbocycles. The summed E-state index contributed by atoms with van der Waals surface area (Å²) in [4.78, 5) is 14.0. The molecule has 0 amide bonds. The Labute approximate surface area is 125 Å². The van der Waals surface area contributed by atoms with Crippen molar-refractivity contribution in [2.75, 3.05) is 20.1 Å². The first-order chi connectivity index (χ1) is 10.1. The van der Waals surface area contributed by atoms with Crippen molar-refractivity contribution in [3.05, 3.63) is 29.8 Å². The van der Waals surface area contributed by atoms with Gasteiger partial charge in [-0.05, 0) is 38.8 Å². The van der Waals surface area contributed by atoms with E-state index in [1.807, 2.05) is 24.3 Å². The van der Waals surface area contributed by atoms with Gasteiger partial charge < -0.3 is 14.7 Å². The highest BCUT2D eigenvalue weighted by atomic mass is 16.5. The number of likely N-dealkylation sites (tertiary alicyclic amines) is 1. The lowest BCUT2D eigenvalue weighted by molar-refractivity contribution is -0.147. The zero-order valence-corrected chi connectivity index (χ0v) is 12.5. The Morgan fingerprint density at radius 2 is 1.95 bits per heavy atom. The molecule has 4 heteroatoms. The molecule has 1 aromatic carbocycles. The molecular weight excluding hydrogens is 266 g/mol. The van der Waals surface area contributed by atoms with Gasteiger partial charge in [-0.25, -0.2) is 0 Å². The Kier molecular flexibility index (Phi) is 3.89. The van der Waals surface area contributed by atoms with E-state index in [-0.39, 0.29) is 6.10 Å². The number of hydrogen-bond donors (Lipinski definition) is 1. The molecular formula is C17H23NO3. The van der Waals surface area contributed by atoms with Crippen molar-refractivity contribution in [1.29, 1.82) is 0 Å². The van der Waals surface area contributed by atoms with Crippen LogP contribution in [-0.2, 0) is 10.2 Å². The predicted molar refractivity (Wildman–Crippen MR) is 80.8 cm³/mol. The largest absolute Gasteiger partial charge is 0.490 e. The maximum atomic E-state index is 11.7. The lowest BCUT2D eigenvalue weighted by Gasteiger charge is -2.39. The van der Waals surface area contributed by atoms with E-state index in [9.17, 15) is 9.90 Å². The van der Waals surface area contributed by atoms with E-state index in [1.165, 1.54) is 0 Å². The molecule has 2 fully saturated rings. The second-order valence-corrected chi connectivity index (χ2v) is 6.36. The van der Waals surface area contributed by atoms with Crippen LogP contribution in [-0.4, -0.2) is 42.2 Å². The van der Waals surface area contributed by atoms with Crippen molar-refractivity contribution in [3.63, 3.8) is 0 Å². The highest BCUT2D eigenvalue weighted by Crippen LogP contribution is 2.47. The summed E-state index contributed by atoms with van der Waals surface area (Å²) in [6, 6.07) is 7.70. The highest BCUT2D eigenvalue weighted by molar-refractivity contribution is 5.83. The third-order valence-corrected chi connectivity index (χ3v) is 4.98. The van der Waals surface area contributed by atoms with Gasteiger partial charge >= 0.3 is 5.97 Å². The summed E-state index contributed by atoms with van der Waals surface area (Å²) in [5, 5.41) is 9.64. The van der Waals surface area contributed by atoms with Crippen LogP contribution in [0.2, 0.25) is 0 Å². The molecule has 1 heterocycles. The molecule has 1 aliphatic carbocycles. The van der Waals surface area contributed by atoms with Crippen LogP contribution in [0.4, 0.5) is 0 Å². The molecule has 1 saturated heterocycles. The Hall–Kier alpha value is -1.55. The van der Waals surface area contributed by atoms with Gasteiger partial charge in [-0.15, -0.1) is 0 Å². The van der Waals surface area contributed by atoms with E-state index in [4.69, 9.17) is 4.74 Å². The third kappa shape index (κ3) is 2.64. The first-order valence-electron chi connectivity index (χ1n) is 7.80. The Balaban J connectivity index is 1.81. The number of hydrogen-bond acceptors (Lipinski definition) is 3. The number of carbonyl (C=O) groups is 1. The number of rotatable bonds is 4. The lowest BCUT2D eigenvalue weighted by atomic mass is 9.64. The SMILES string of the molecule is CN1CCC(Oc2ccccc2C2(C(=O)O)CCC2)CC1. The lowest BCUT2D eigenvalue weighted by Crippen LogP contribution is -2.43.